The average molecular weight is 356 g/mol. The minimum absolute atomic E-state index is 0.393. The van der Waals surface area contributed by atoms with Crippen molar-refractivity contribution < 1.29 is 8.42 Å². The van der Waals surface area contributed by atoms with E-state index in [-0.39, 0.29) is 0 Å². The van der Waals surface area contributed by atoms with E-state index < -0.39 is 10.0 Å². The molecule has 2 aromatic carbocycles. The zero-order valence-corrected chi connectivity index (χ0v) is 15.3. The molecule has 1 aliphatic rings. The van der Waals surface area contributed by atoms with Crippen LogP contribution in [-0.4, -0.2) is 50.3 Å². The van der Waals surface area contributed by atoms with Gasteiger partial charge in [0, 0.05) is 32.7 Å². The van der Waals surface area contributed by atoms with Crippen LogP contribution in [0.4, 0.5) is 0 Å². The van der Waals surface area contributed by atoms with E-state index in [1.807, 2.05) is 31.2 Å². The Morgan fingerprint density at radius 1 is 0.960 bits per heavy atom. The summed E-state index contributed by atoms with van der Waals surface area (Å²) in [7, 11) is -3.38. The van der Waals surface area contributed by atoms with Gasteiger partial charge >= 0.3 is 0 Å². The summed E-state index contributed by atoms with van der Waals surface area (Å²) in [6, 6.07) is 17.3. The largest absolute Gasteiger partial charge is 0.297 e. The molecule has 0 aromatic heterocycles. The predicted octanol–water partition coefficient (Wildman–Crippen LogP) is 3.01. The molecule has 0 bridgehead atoms. The van der Waals surface area contributed by atoms with Crippen LogP contribution < -0.4 is 0 Å². The third-order valence-corrected chi connectivity index (χ3v) is 6.33. The maximum absolute atomic E-state index is 12.7. The van der Waals surface area contributed by atoms with Gasteiger partial charge in [-0.3, -0.25) is 4.90 Å². The highest BCUT2D eigenvalue weighted by molar-refractivity contribution is 7.89. The minimum atomic E-state index is -3.38. The fourth-order valence-corrected chi connectivity index (χ4v) is 4.51. The molecule has 5 heteroatoms. The summed E-state index contributed by atoms with van der Waals surface area (Å²) in [6.45, 7) is 5.34. The van der Waals surface area contributed by atoms with Gasteiger partial charge in [0.25, 0.3) is 0 Å². The number of hydrogen-bond acceptors (Lipinski definition) is 3. The molecule has 1 saturated heterocycles. The molecule has 0 radical (unpaired) electrons. The van der Waals surface area contributed by atoms with Crippen molar-refractivity contribution in [1.82, 2.24) is 9.21 Å². The van der Waals surface area contributed by atoms with E-state index in [4.69, 9.17) is 0 Å². The molecular weight excluding hydrogens is 332 g/mol. The van der Waals surface area contributed by atoms with Crippen LogP contribution in [0.15, 0.2) is 65.6 Å². The molecule has 1 fully saturated rings. The van der Waals surface area contributed by atoms with Crippen LogP contribution in [0.3, 0.4) is 0 Å². The first-order valence-electron chi connectivity index (χ1n) is 8.56. The topological polar surface area (TPSA) is 40.6 Å². The zero-order chi connectivity index (χ0) is 17.7. The van der Waals surface area contributed by atoms with Gasteiger partial charge in [-0.25, -0.2) is 8.42 Å². The second kappa shape index (κ2) is 7.95. The highest BCUT2D eigenvalue weighted by Crippen LogP contribution is 2.18. The third-order valence-electron chi connectivity index (χ3n) is 4.43. The van der Waals surface area contributed by atoms with E-state index in [0.29, 0.717) is 18.0 Å². The molecule has 1 aliphatic heterocycles. The van der Waals surface area contributed by atoms with Crippen molar-refractivity contribution in [3.05, 3.63) is 71.8 Å². The van der Waals surface area contributed by atoms with Gasteiger partial charge in [-0.15, -0.1) is 0 Å². The molecular formula is C20H24N2O2S. The van der Waals surface area contributed by atoms with E-state index in [9.17, 15) is 8.42 Å². The number of benzene rings is 2. The number of hydrogen-bond donors (Lipinski definition) is 0. The molecule has 4 nitrogen and oxygen atoms in total. The number of nitrogens with zero attached hydrogens (tertiary/aromatic N) is 2. The van der Waals surface area contributed by atoms with Crippen molar-refractivity contribution in [2.75, 3.05) is 32.7 Å². The monoisotopic (exact) mass is 356 g/mol. The SMILES string of the molecule is Cc1cccc(S(=O)(=O)N2CCN(C/C=C/c3ccccc3)CC2)c1. The van der Waals surface area contributed by atoms with Crippen LogP contribution in [0.2, 0.25) is 0 Å². The number of rotatable bonds is 5. The lowest BCUT2D eigenvalue weighted by molar-refractivity contribution is 0.204. The van der Waals surface area contributed by atoms with E-state index in [2.05, 4.69) is 29.2 Å². The van der Waals surface area contributed by atoms with Crippen molar-refractivity contribution >= 4 is 16.1 Å². The maximum Gasteiger partial charge on any atom is 0.243 e. The zero-order valence-electron chi connectivity index (χ0n) is 14.5. The Bertz CT molecular complexity index is 824. The molecule has 0 unspecified atom stereocenters. The van der Waals surface area contributed by atoms with Crippen LogP contribution >= 0.6 is 0 Å². The number of aryl methyl sites for hydroxylation is 1. The Labute approximate surface area is 150 Å². The molecule has 0 amide bonds. The highest BCUT2D eigenvalue weighted by Gasteiger charge is 2.28. The van der Waals surface area contributed by atoms with Crippen molar-refractivity contribution in [1.29, 1.82) is 0 Å². The summed E-state index contributed by atoms with van der Waals surface area (Å²) in [5.41, 5.74) is 2.15. The van der Waals surface area contributed by atoms with Crippen LogP contribution in [0.1, 0.15) is 11.1 Å². The van der Waals surface area contributed by atoms with Crippen molar-refractivity contribution in [3.8, 4) is 0 Å². The van der Waals surface area contributed by atoms with E-state index in [0.717, 1.165) is 25.2 Å². The standard InChI is InChI=1S/C20H24N2O2S/c1-18-7-5-11-20(17-18)25(23,24)22-15-13-21(14-16-22)12-6-10-19-8-3-2-4-9-19/h2-11,17H,12-16H2,1H3/b10-6+. The molecule has 3 rings (SSSR count). The molecule has 0 N–H and O–H groups in total. The summed E-state index contributed by atoms with van der Waals surface area (Å²) in [5.74, 6) is 0. The van der Waals surface area contributed by atoms with Gasteiger partial charge < -0.3 is 0 Å². The second-order valence-corrected chi connectivity index (χ2v) is 8.27. The average Bonchev–Trinajstić information content (AvgIpc) is 2.63. The maximum atomic E-state index is 12.7. The first kappa shape index (κ1) is 17.9. The van der Waals surface area contributed by atoms with Crippen molar-refractivity contribution in [2.45, 2.75) is 11.8 Å². The number of sulfonamides is 1. The van der Waals surface area contributed by atoms with Crippen molar-refractivity contribution in [2.24, 2.45) is 0 Å². The van der Waals surface area contributed by atoms with Gasteiger partial charge in [-0.2, -0.15) is 4.31 Å². The molecule has 0 saturated carbocycles. The molecule has 0 aliphatic carbocycles. The first-order valence-corrected chi connectivity index (χ1v) is 10.0. The number of piperazine rings is 1. The van der Waals surface area contributed by atoms with E-state index in [1.54, 1.807) is 22.5 Å². The fraction of sp³-hybridized carbons (Fsp3) is 0.300. The molecule has 1 heterocycles. The Hall–Kier alpha value is -1.95. The van der Waals surface area contributed by atoms with Crippen molar-refractivity contribution in [3.63, 3.8) is 0 Å². The smallest absolute Gasteiger partial charge is 0.243 e. The van der Waals surface area contributed by atoms with E-state index in [1.165, 1.54) is 5.56 Å². The van der Waals surface area contributed by atoms with Crippen LogP contribution in [0.5, 0.6) is 0 Å². The molecule has 25 heavy (non-hydrogen) atoms. The lowest BCUT2D eigenvalue weighted by atomic mass is 10.2. The Balaban J connectivity index is 1.56. The summed E-state index contributed by atoms with van der Waals surface area (Å²) < 4.78 is 27.1. The summed E-state index contributed by atoms with van der Waals surface area (Å²) in [4.78, 5) is 2.67. The molecule has 0 atom stereocenters. The van der Waals surface area contributed by atoms with Gasteiger partial charge in [-0.1, -0.05) is 54.6 Å². The fourth-order valence-electron chi connectivity index (χ4n) is 2.98. The summed E-state index contributed by atoms with van der Waals surface area (Å²) >= 11 is 0. The third kappa shape index (κ3) is 4.57. The van der Waals surface area contributed by atoms with Crippen LogP contribution in [0.25, 0.3) is 6.08 Å². The summed E-state index contributed by atoms with van der Waals surface area (Å²) in [5, 5.41) is 0. The molecule has 0 spiro atoms. The normalized spacial score (nSPS) is 17.2. The van der Waals surface area contributed by atoms with E-state index >= 15 is 0 Å². The van der Waals surface area contributed by atoms with Gasteiger partial charge in [0.15, 0.2) is 0 Å². The molecule has 132 valence electrons. The Morgan fingerprint density at radius 3 is 2.36 bits per heavy atom. The first-order chi connectivity index (χ1) is 12.1. The highest BCUT2D eigenvalue weighted by atomic mass is 32.2. The Morgan fingerprint density at radius 2 is 1.68 bits per heavy atom. The Kier molecular flexibility index (Phi) is 5.68. The van der Waals surface area contributed by atoms with Crippen LogP contribution in [0, 0.1) is 6.92 Å². The van der Waals surface area contributed by atoms with Gasteiger partial charge in [0.05, 0.1) is 4.90 Å². The van der Waals surface area contributed by atoms with Crippen LogP contribution in [-0.2, 0) is 10.0 Å². The minimum Gasteiger partial charge on any atom is -0.297 e. The van der Waals surface area contributed by atoms with Gasteiger partial charge in [-0.05, 0) is 30.2 Å². The summed E-state index contributed by atoms with van der Waals surface area (Å²) in [6.07, 6.45) is 4.25. The van der Waals surface area contributed by atoms with Gasteiger partial charge in [0.2, 0.25) is 10.0 Å². The predicted molar refractivity (Wildman–Crippen MR) is 102 cm³/mol. The molecule has 2 aromatic rings. The lowest BCUT2D eigenvalue weighted by Gasteiger charge is -2.33. The quantitative estimate of drug-likeness (QED) is 0.827. The lowest BCUT2D eigenvalue weighted by Crippen LogP contribution is -2.48. The van der Waals surface area contributed by atoms with Gasteiger partial charge in [0.1, 0.15) is 0 Å². The second-order valence-electron chi connectivity index (χ2n) is 6.33.